The number of amides is 4. The maximum Gasteiger partial charge on any atom is 0.323 e. The maximum absolute atomic E-state index is 13.5. The number of halogens is 1. The highest BCUT2D eigenvalue weighted by molar-refractivity contribution is 6.30. The van der Waals surface area contributed by atoms with Crippen LogP contribution in [0.1, 0.15) is 46.6 Å². The van der Waals surface area contributed by atoms with Crippen LogP contribution in [-0.2, 0) is 16.1 Å². The van der Waals surface area contributed by atoms with Crippen molar-refractivity contribution in [1.82, 2.24) is 15.4 Å². The zero-order valence-electron chi connectivity index (χ0n) is 23.0. The molecule has 1 saturated heterocycles. The molecule has 2 aliphatic rings. The Bertz CT molecular complexity index is 1420. The van der Waals surface area contributed by atoms with Gasteiger partial charge in [0, 0.05) is 24.3 Å². The van der Waals surface area contributed by atoms with E-state index in [0.717, 1.165) is 5.56 Å². The molecule has 3 aromatic rings. The molecule has 5 rings (SSSR count). The summed E-state index contributed by atoms with van der Waals surface area (Å²) in [5.74, 6) is 0.533. The molecular weight excluding hydrogens is 550 g/mol. The van der Waals surface area contributed by atoms with Gasteiger partial charge in [-0.15, -0.1) is 0 Å². The van der Waals surface area contributed by atoms with Crippen molar-refractivity contribution in [3.8, 4) is 5.75 Å². The maximum atomic E-state index is 13.5. The topological polar surface area (TPSA) is 135 Å². The van der Waals surface area contributed by atoms with Crippen molar-refractivity contribution in [1.29, 1.82) is 0 Å². The largest absolute Gasteiger partial charge is 0.490 e. The highest BCUT2D eigenvalue weighted by Gasteiger charge is 2.39. The second-order valence-corrected chi connectivity index (χ2v) is 10.7. The number of anilines is 2. The van der Waals surface area contributed by atoms with Crippen molar-refractivity contribution in [3.63, 3.8) is 0 Å². The number of benzene rings is 2. The van der Waals surface area contributed by atoms with E-state index in [2.05, 4.69) is 21.1 Å². The fourth-order valence-electron chi connectivity index (χ4n) is 5.12. The number of carbonyl (C=O) groups excluding carboxylic acids is 3. The van der Waals surface area contributed by atoms with E-state index in [1.54, 1.807) is 56.1 Å². The van der Waals surface area contributed by atoms with Crippen molar-refractivity contribution in [3.05, 3.63) is 70.1 Å². The molecule has 0 saturated carbocycles. The Morgan fingerprint density at radius 1 is 1.10 bits per heavy atom. The van der Waals surface area contributed by atoms with Gasteiger partial charge >= 0.3 is 6.03 Å². The Kier molecular flexibility index (Phi) is 8.46. The monoisotopic (exact) mass is 581 g/mol. The fourth-order valence-corrected chi connectivity index (χ4v) is 5.25. The van der Waals surface area contributed by atoms with Crippen LogP contribution in [0.2, 0.25) is 5.02 Å². The summed E-state index contributed by atoms with van der Waals surface area (Å²) in [4.78, 5) is 40.3. The van der Waals surface area contributed by atoms with Gasteiger partial charge in [-0.05, 0) is 62.6 Å². The minimum absolute atomic E-state index is 0.108. The minimum atomic E-state index is -0.490. The Hall–Kier alpha value is -4.09. The predicted octanol–water partition coefficient (Wildman–Crippen LogP) is 4.68. The van der Waals surface area contributed by atoms with Crippen LogP contribution >= 0.6 is 11.6 Å². The first-order valence-electron chi connectivity index (χ1n) is 13.4. The summed E-state index contributed by atoms with van der Waals surface area (Å²) >= 11 is 5.92. The molecule has 0 unspecified atom stereocenters. The van der Waals surface area contributed by atoms with Gasteiger partial charge in [0.15, 0.2) is 5.76 Å². The highest BCUT2D eigenvalue weighted by atomic mass is 35.5. The second-order valence-electron chi connectivity index (χ2n) is 10.3. The number of fused-ring (bicyclic) bond motifs is 2. The van der Waals surface area contributed by atoms with Gasteiger partial charge in [-0.2, -0.15) is 0 Å². The van der Waals surface area contributed by atoms with Gasteiger partial charge in [-0.25, -0.2) is 4.79 Å². The first-order valence-corrected chi connectivity index (χ1v) is 13.8. The average molecular weight is 582 g/mol. The molecule has 41 heavy (non-hydrogen) atoms. The molecule has 0 bridgehead atoms. The zero-order chi connectivity index (χ0) is 29.1. The van der Waals surface area contributed by atoms with E-state index >= 15 is 0 Å². The van der Waals surface area contributed by atoms with Gasteiger partial charge in [0.2, 0.25) is 5.91 Å². The Morgan fingerprint density at radius 3 is 2.61 bits per heavy atom. The molecule has 3 atom stereocenters. The van der Waals surface area contributed by atoms with Crippen molar-refractivity contribution in [2.75, 3.05) is 24.3 Å². The molecular formula is C29H32ClN5O6. The zero-order valence-corrected chi connectivity index (χ0v) is 23.8. The predicted molar refractivity (Wildman–Crippen MR) is 152 cm³/mol. The molecule has 3 heterocycles. The number of nitrogens with zero attached hydrogens (tertiary/aromatic N) is 2. The quantitative estimate of drug-likeness (QED) is 0.385. The molecule has 0 aliphatic carbocycles. The number of nitrogens with one attached hydrogen (secondary N) is 3. The first-order chi connectivity index (χ1) is 19.7. The summed E-state index contributed by atoms with van der Waals surface area (Å²) in [6.07, 6.45) is 0.840. The smallest absolute Gasteiger partial charge is 0.323 e. The third kappa shape index (κ3) is 6.63. The lowest BCUT2D eigenvalue weighted by atomic mass is 9.94. The molecule has 0 radical (unpaired) electrons. The van der Waals surface area contributed by atoms with Crippen LogP contribution in [0.4, 0.5) is 16.2 Å². The third-order valence-corrected chi connectivity index (χ3v) is 7.61. The number of aromatic nitrogens is 1. The lowest BCUT2D eigenvalue weighted by Gasteiger charge is -2.42. The number of urea groups is 1. The van der Waals surface area contributed by atoms with Gasteiger partial charge in [0.25, 0.3) is 5.91 Å². The molecule has 12 heteroatoms. The summed E-state index contributed by atoms with van der Waals surface area (Å²) in [7, 11) is 1.74. The first kappa shape index (κ1) is 28.4. The molecule has 2 aliphatic heterocycles. The van der Waals surface area contributed by atoms with Crippen LogP contribution in [0.5, 0.6) is 5.75 Å². The fraction of sp³-hybridized carbons (Fsp3) is 0.379. The lowest BCUT2D eigenvalue weighted by Crippen LogP contribution is -2.53. The standard InChI is InChI=1S/C29H32ClN5O6/c1-16-27(17(2)41-34-16)33-29(38)32-20-8-11-24-22(12-20)28(37)35(3)23-10-9-21(40-25(23)15-39-24)13-26(36)31-14-18-4-6-19(30)7-5-18/h4-8,11-12,21,23,25H,9-10,13-15H2,1-3H3,(H,31,36)(H2,32,33,38)/t21-,23-,25+/m1/s1. The van der Waals surface area contributed by atoms with E-state index in [0.29, 0.717) is 58.6 Å². The molecule has 2 aromatic carbocycles. The molecule has 3 N–H and O–H groups in total. The van der Waals surface area contributed by atoms with Crippen LogP contribution in [0.15, 0.2) is 47.0 Å². The van der Waals surface area contributed by atoms with Crippen LogP contribution in [0.3, 0.4) is 0 Å². The van der Waals surface area contributed by atoms with Crippen molar-refractivity contribution < 1.29 is 28.4 Å². The Labute approximate surface area is 242 Å². The summed E-state index contributed by atoms with van der Waals surface area (Å²) in [5, 5.41) is 12.9. The van der Waals surface area contributed by atoms with Crippen LogP contribution in [0.25, 0.3) is 0 Å². The SMILES string of the molecule is Cc1noc(C)c1NC(=O)Nc1ccc2c(c1)C(=O)N(C)[C@@H]1CC[C@H](CC(=O)NCc3ccc(Cl)cc3)O[C@H]1CO2. The molecule has 4 amide bonds. The number of aryl methyl sites for hydroxylation is 2. The lowest BCUT2D eigenvalue weighted by molar-refractivity contribution is -0.134. The van der Waals surface area contributed by atoms with E-state index in [4.69, 9.17) is 25.6 Å². The highest BCUT2D eigenvalue weighted by Crippen LogP contribution is 2.32. The normalized spacial score (nSPS) is 20.1. The van der Waals surface area contributed by atoms with E-state index in [-0.39, 0.29) is 37.0 Å². The number of likely N-dealkylation sites (N-methyl/N-ethyl adjacent to an activating group) is 1. The van der Waals surface area contributed by atoms with Gasteiger partial charge < -0.3 is 34.8 Å². The minimum Gasteiger partial charge on any atom is -0.490 e. The van der Waals surface area contributed by atoms with Gasteiger partial charge in [0.05, 0.1) is 24.1 Å². The number of hydrogen-bond acceptors (Lipinski definition) is 7. The number of hydrogen-bond donors (Lipinski definition) is 3. The van der Waals surface area contributed by atoms with E-state index in [1.165, 1.54) is 0 Å². The number of carbonyl (C=O) groups is 3. The van der Waals surface area contributed by atoms with Crippen LogP contribution < -0.4 is 20.7 Å². The average Bonchev–Trinajstić information content (AvgIpc) is 3.27. The van der Waals surface area contributed by atoms with Gasteiger partial charge in [0.1, 0.15) is 29.8 Å². The van der Waals surface area contributed by atoms with Crippen molar-refractivity contribution in [2.24, 2.45) is 0 Å². The van der Waals surface area contributed by atoms with Gasteiger partial charge in [-0.1, -0.05) is 28.9 Å². The summed E-state index contributed by atoms with van der Waals surface area (Å²) in [5.41, 5.74) is 2.78. The Morgan fingerprint density at radius 2 is 1.88 bits per heavy atom. The number of ether oxygens (including phenoxy) is 2. The van der Waals surface area contributed by atoms with Crippen molar-refractivity contribution >= 4 is 40.8 Å². The number of rotatable bonds is 6. The van der Waals surface area contributed by atoms with Crippen LogP contribution in [-0.4, -0.2) is 59.8 Å². The molecule has 11 nitrogen and oxygen atoms in total. The van der Waals surface area contributed by atoms with E-state index in [9.17, 15) is 14.4 Å². The molecule has 1 aromatic heterocycles. The molecule has 1 fully saturated rings. The summed E-state index contributed by atoms with van der Waals surface area (Å²) in [6.45, 7) is 4.06. The molecule has 0 spiro atoms. The van der Waals surface area contributed by atoms with Crippen molar-refractivity contribution in [2.45, 2.75) is 57.9 Å². The van der Waals surface area contributed by atoms with Crippen LogP contribution in [0, 0.1) is 13.8 Å². The second kappa shape index (κ2) is 12.2. The third-order valence-electron chi connectivity index (χ3n) is 7.36. The van der Waals surface area contributed by atoms with Gasteiger partial charge in [-0.3, -0.25) is 9.59 Å². The summed E-state index contributed by atoms with van der Waals surface area (Å²) in [6, 6.07) is 11.5. The summed E-state index contributed by atoms with van der Waals surface area (Å²) < 4.78 is 17.4. The Balaban J connectivity index is 1.20. The van der Waals surface area contributed by atoms with E-state index in [1.807, 2.05) is 12.1 Å². The van der Waals surface area contributed by atoms with E-state index < -0.39 is 12.1 Å². The molecule has 216 valence electrons.